The average molecular weight is 357 g/mol. The number of fused-ring (bicyclic) bond motifs is 2. The lowest BCUT2D eigenvalue weighted by Crippen LogP contribution is -2.27. The van der Waals surface area contributed by atoms with Crippen molar-refractivity contribution in [2.45, 2.75) is 13.0 Å². The molecular weight excluding hydrogens is 342 g/mol. The van der Waals surface area contributed by atoms with Gasteiger partial charge in [-0.1, -0.05) is 0 Å². The Bertz CT molecular complexity index is 995. The second kappa shape index (κ2) is 6.56. The van der Waals surface area contributed by atoms with E-state index in [4.69, 9.17) is 9.47 Å². The largest absolute Gasteiger partial charge is 0.490 e. The van der Waals surface area contributed by atoms with Gasteiger partial charge in [0.2, 0.25) is 5.91 Å². The molecule has 0 fully saturated rings. The zero-order chi connectivity index (χ0) is 17.2. The van der Waals surface area contributed by atoms with Crippen LogP contribution < -0.4 is 20.3 Å². The summed E-state index contributed by atoms with van der Waals surface area (Å²) < 4.78 is 13.0. The van der Waals surface area contributed by atoms with Gasteiger partial charge in [-0.2, -0.15) is 0 Å². The number of nitrogens with one attached hydrogen (secondary N) is 1. The van der Waals surface area contributed by atoms with Crippen molar-refractivity contribution in [2.24, 2.45) is 0 Å². The summed E-state index contributed by atoms with van der Waals surface area (Å²) in [6, 6.07) is 7.02. The van der Waals surface area contributed by atoms with Gasteiger partial charge in [-0.05, 0) is 23.6 Å². The van der Waals surface area contributed by atoms with E-state index < -0.39 is 0 Å². The average Bonchev–Trinajstić information content (AvgIpc) is 2.96. The molecule has 1 aromatic carbocycles. The number of carbonyl (C=O) groups excluding carboxylic acids is 1. The van der Waals surface area contributed by atoms with Crippen LogP contribution >= 0.6 is 11.3 Å². The van der Waals surface area contributed by atoms with E-state index in [1.54, 1.807) is 29.6 Å². The minimum absolute atomic E-state index is 0.103. The Balaban J connectivity index is 1.51. The van der Waals surface area contributed by atoms with Crippen molar-refractivity contribution in [3.8, 4) is 11.5 Å². The zero-order valence-corrected chi connectivity index (χ0v) is 14.0. The molecule has 1 aliphatic heterocycles. The lowest BCUT2D eigenvalue weighted by Gasteiger charge is -2.11. The molecule has 0 saturated carbocycles. The van der Waals surface area contributed by atoms with E-state index in [1.807, 2.05) is 0 Å². The highest BCUT2D eigenvalue weighted by molar-refractivity contribution is 7.17. The molecule has 8 heteroatoms. The van der Waals surface area contributed by atoms with Crippen LogP contribution in [0.15, 0.2) is 40.8 Å². The van der Waals surface area contributed by atoms with Crippen LogP contribution in [-0.2, 0) is 11.3 Å². The fourth-order valence-corrected chi connectivity index (χ4v) is 3.38. The van der Waals surface area contributed by atoms with Gasteiger partial charge in [0.15, 0.2) is 11.5 Å². The van der Waals surface area contributed by atoms with Crippen molar-refractivity contribution < 1.29 is 14.3 Å². The van der Waals surface area contributed by atoms with Crippen LogP contribution in [0, 0.1) is 0 Å². The van der Waals surface area contributed by atoms with Gasteiger partial charge in [-0.15, -0.1) is 11.3 Å². The van der Waals surface area contributed by atoms with Crippen molar-refractivity contribution in [3.63, 3.8) is 0 Å². The molecule has 3 heterocycles. The van der Waals surface area contributed by atoms with E-state index in [0.717, 1.165) is 6.42 Å². The molecular formula is C17H15N3O4S. The fourth-order valence-electron chi connectivity index (χ4n) is 2.59. The molecule has 0 aliphatic carbocycles. The number of thiophene rings is 1. The van der Waals surface area contributed by atoms with E-state index in [2.05, 4.69) is 10.3 Å². The second-order valence-corrected chi connectivity index (χ2v) is 6.49. The highest BCUT2D eigenvalue weighted by atomic mass is 32.1. The normalized spacial score (nSPS) is 13.4. The first-order valence-corrected chi connectivity index (χ1v) is 8.71. The lowest BCUT2D eigenvalue weighted by atomic mass is 10.2. The summed E-state index contributed by atoms with van der Waals surface area (Å²) in [7, 11) is 0. The van der Waals surface area contributed by atoms with Crippen molar-refractivity contribution in [2.75, 3.05) is 18.5 Å². The number of ether oxygens (including phenoxy) is 2. The van der Waals surface area contributed by atoms with Gasteiger partial charge in [0.1, 0.15) is 11.2 Å². The smallest absolute Gasteiger partial charge is 0.271 e. The zero-order valence-electron chi connectivity index (χ0n) is 13.2. The topological polar surface area (TPSA) is 82.5 Å². The van der Waals surface area contributed by atoms with Gasteiger partial charge in [-0.25, -0.2) is 4.98 Å². The summed E-state index contributed by atoms with van der Waals surface area (Å²) in [6.07, 6.45) is 2.21. The van der Waals surface area contributed by atoms with Crippen LogP contribution in [0.1, 0.15) is 6.42 Å². The molecule has 0 radical (unpaired) electrons. The Kier molecular flexibility index (Phi) is 4.10. The Labute approximate surface area is 146 Å². The molecule has 1 N–H and O–H groups in total. The van der Waals surface area contributed by atoms with Crippen LogP contribution in [0.2, 0.25) is 0 Å². The van der Waals surface area contributed by atoms with Gasteiger partial charge in [-0.3, -0.25) is 14.2 Å². The summed E-state index contributed by atoms with van der Waals surface area (Å²) in [5.74, 6) is 0.961. The van der Waals surface area contributed by atoms with Gasteiger partial charge < -0.3 is 14.8 Å². The van der Waals surface area contributed by atoms with Crippen LogP contribution in [-0.4, -0.2) is 28.7 Å². The molecule has 4 rings (SSSR count). The molecule has 1 amide bonds. The van der Waals surface area contributed by atoms with Gasteiger partial charge in [0.05, 0.1) is 25.1 Å². The maximum Gasteiger partial charge on any atom is 0.271 e. The van der Waals surface area contributed by atoms with Gasteiger partial charge in [0, 0.05) is 18.2 Å². The molecule has 0 spiro atoms. The molecule has 7 nitrogen and oxygen atoms in total. The van der Waals surface area contributed by atoms with Crippen molar-refractivity contribution in [3.05, 3.63) is 46.3 Å². The number of benzene rings is 1. The maximum absolute atomic E-state index is 12.3. The SMILES string of the molecule is O=C(Cn1cnc2ccsc2c1=O)Nc1ccc2c(c1)OCCCO2. The van der Waals surface area contributed by atoms with Crippen molar-refractivity contribution in [1.29, 1.82) is 0 Å². The quantitative estimate of drug-likeness (QED) is 0.777. The van der Waals surface area contributed by atoms with E-state index in [-0.39, 0.29) is 18.0 Å². The van der Waals surface area contributed by atoms with Gasteiger partial charge in [0.25, 0.3) is 5.56 Å². The van der Waals surface area contributed by atoms with E-state index in [1.165, 1.54) is 22.2 Å². The molecule has 0 bridgehead atoms. The molecule has 0 unspecified atom stereocenters. The molecule has 0 atom stereocenters. The van der Waals surface area contributed by atoms with Crippen LogP contribution in [0.3, 0.4) is 0 Å². The summed E-state index contributed by atoms with van der Waals surface area (Å²) in [4.78, 5) is 28.8. The molecule has 0 saturated heterocycles. The lowest BCUT2D eigenvalue weighted by molar-refractivity contribution is -0.116. The predicted molar refractivity (Wildman–Crippen MR) is 94.6 cm³/mol. The number of hydrogen-bond acceptors (Lipinski definition) is 6. The summed E-state index contributed by atoms with van der Waals surface area (Å²) in [5.41, 5.74) is 1.02. The number of amides is 1. The number of hydrogen-bond donors (Lipinski definition) is 1. The third-order valence-electron chi connectivity index (χ3n) is 3.78. The monoisotopic (exact) mass is 357 g/mol. The minimum Gasteiger partial charge on any atom is -0.490 e. The highest BCUT2D eigenvalue weighted by Gasteiger charge is 2.13. The van der Waals surface area contributed by atoms with Gasteiger partial charge >= 0.3 is 0 Å². The first kappa shape index (κ1) is 15.6. The molecule has 25 heavy (non-hydrogen) atoms. The first-order valence-electron chi connectivity index (χ1n) is 7.83. The van der Waals surface area contributed by atoms with E-state index >= 15 is 0 Å². The van der Waals surface area contributed by atoms with Crippen molar-refractivity contribution in [1.82, 2.24) is 9.55 Å². The number of nitrogens with zero attached hydrogens (tertiary/aromatic N) is 2. The minimum atomic E-state index is -0.311. The van der Waals surface area contributed by atoms with Crippen LogP contribution in [0.4, 0.5) is 5.69 Å². The third kappa shape index (κ3) is 3.20. The summed E-state index contributed by atoms with van der Waals surface area (Å²) in [5, 5.41) is 4.58. The van der Waals surface area contributed by atoms with Crippen molar-refractivity contribution >= 4 is 33.1 Å². The number of anilines is 1. The number of carbonyl (C=O) groups is 1. The van der Waals surface area contributed by atoms with E-state index in [9.17, 15) is 9.59 Å². The Hall–Kier alpha value is -2.87. The maximum atomic E-state index is 12.3. The van der Waals surface area contributed by atoms with E-state index in [0.29, 0.717) is 40.6 Å². The summed E-state index contributed by atoms with van der Waals surface area (Å²) in [6.45, 7) is 1.08. The number of rotatable bonds is 3. The standard InChI is InChI=1S/C17H15N3O4S/c21-15(9-20-10-18-12-4-7-25-16(12)17(20)22)19-11-2-3-13-14(8-11)24-6-1-5-23-13/h2-4,7-8,10H,1,5-6,9H2,(H,19,21). The predicted octanol–water partition coefficient (Wildman–Crippen LogP) is 2.26. The Morgan fingerprint density at radius 3 is 2.96 bits per heavy atom. The molecule has 128 valence electrons. The molecule has 2 aromatic heterocycles. The van der Waals surface area contributed by atoms with Crippen LogP contribution in [0.25, 0.3) is 10.2 Å². The second-order valence-electron chi connectivity index (χ2n) is 5.57. The highest BCUT2D eigenvalue weighted by Crippen LogP contribution is 2.32. The molecule has 1 aliphatic rings. The van der Waals surface area contributed by atoms with Crippen LogP contribution in [0.5, 0.6) is 11.5 Å². The molecule has 3 aromatic rings. The summed E-state index contributed by atoms with van der Waals surface area (Å²) >= 11 is 1.32. The Morgan fingerprint density at radius 2 is 2.08 bits per heavy atom. The Morgan fingerprint density at radius 1 is 1.24 bits per heavy atom. The fraction of sp³-hybridized carbons (Fsp3) is 0.235. The first-order chi connectivity index (χ1) is 12.2. The third-order valence-corrected chi connectivity index (χ3v) is 4.67. The number of aromatic nitrogens is 2.